The highest BCUT2D eigenvalue weighted by Gasteiger charge is 2.11. The van der Waals surface area contributed by atoms with Gasteiger partial charge in [-0.3, -0.25) is 0 Å². The van der Waals surface area contributed by atoms with Crippen molar-refractivity contribution in [1.82, 2.24) is 0 Å². The third-order valence-corrected chi connectivity index (χ3v) is 3.38. The maximum absolute atomic E-state index is 2.23. The summed E-state index contributed by atoms with van der Waals surface area (Å²) in [6, 6.07) is 19.3. The molecule has 0 unspecified atom stereocenters. The van der Waals surface area contributed by atoms with E-state index >= 15 is 0 Å². The van der Waals surface area contributed by atoms with Gasteiger partial charge in [0.1, 0.15) is 0 Å². The molecule has 0 saturated carbocycles. The van der Waals surface area contributed by atoms with Gasteiger partial charge in [0, 0.05) is 0 Å². The highest BCUT2D eigenvalue weighted by Crippen LogP contribution is 2.21. The Kier molecular flexibility index (Phi) is 8.02. The lowest BCUT2D eigenvalue weighted by atomic mass is 9.87. The second-order valence-electron chi connectivity index (χ2n) is 6.68. The van der Waals surface area contributed by atoms with E-state index in [4.69, 9.17) is 0 Å². The van der Waals surface area contributed by atoms with Crippen LogP contribution in [-0.4, -0.2) is 0 Å². The molecule has 0 amide bonds. The minimum atomic E-state index is 0. The molecule has 0 radical (unpaired) electrons. The molecular formula is C21H32. The lowest BCUT2D eigenvalue weighted by molar-refractivity contribution is 0.590. The van der Waals surface area contributed by atoms with Crippen LogP contribution in [0.4, 0.5) is 0 Å². The van der Waals surface area contributed by atoms with Crippen LogP contribution in [0.3, 0.4) is 0 Å². The molecule has 0 aromatic heterocycles. The predicted octanol–water partition coefficient (Wildman–Crippen LogP) is 6.74. The zero-order chi connectivity index (χ0) is 15.2. The summed E-state index contributed by atoms with van der Waals surface area (Å²) in [5.41, 5.74) is 4.44. The molecule has 2 rings (SSSR count). The molecule has 0 heterocycles. The fourth-order valence-corrected chi connectivity index (χ4v) is 1.89. The smallest absolute Gasteiger partial charge is 0.0132 e. The average molecular weight is 284 g/mol. The fraction of sp³-hybridized carbons (Fsp3) is 0.429. The summed E-state index contributed by atoms with van der Waals surface area (Å²) in [6.07, 6.45) is 0. The number of hydrogen-bond acceptors (Lipinski definition) is 0. The molecule has 0 heteroatoms. The van der Waals surface area contributed by atoms with Crippen LogP contribution in [0, 0.1) is 6.92 Å². The van der Waals surface area contributed by atoms with Crippen LogP contribution in [0.15, 0.2) is 54.6 Å². The van der Waals surface area contributed by atoms with E-state index in [-0.39, 0.29) is 12.8 Å². The molecule has 0 N–H and O–H groups in total. The normalized spacial score (nSPS) is 10.4. The second-order valence-corrected chi connectivity index (χ2v) is 6.68. The van der Waals surface area contributed by atoms with Gasteiger partial charge in [0.15, 0.2) is 0 Å². The van der Waals surface area contributed by atoms with Crippen molar-refractivity contribution in [1.29, 1.82) is 0 Å². The SMILES string of the molecule is C.CC(C)c1ccccc1.Cc1ccc(C(C)(C)C)cc1. The molecule has 0 aliphatic carbocycles. The Morgan fingerprint density at radius 3 is 1.57 bits per heavy atom. The fourth-order valence-electron chi connectivity index (χ4n) is 1.89. The summed E-state index contributed by atoms with van der Waals surface area (Å²) in [5.74, 6) is 0.659. The maximum atomic E-state index is 2.23. The summed E-state index contributed by atoms with van der Waals surface area (Å²) in [5, 5.41) is 0. The molecule has 0 atom stereocenters. The average Bonchev–Trinajstić information content (AvgIpc) is 2.40. The Morgan fingerprint density at radius 1 is 0.762 bits per heavy atom. The van der Waals surface area contributed by atoms with E-state index in [1.54, 1.807) is 0 Å². The van der Waals surface area contributed by atoms with Crippen LogP contribution in [0.2, 0.25) is 0 Å². The molecule has 116 valence electrons. The molecule has 0 saturated heterocycles. The summed E-state index contributed by atoms with van der Waals surface area (Å²) < 4.78 is 0. The number of rotatable bonds is 1. The van der Waals surface area contributed by atoms with Crippen molar-refractivity contribution in [3.05, 3.63) is 71.3 Å². The van der Waals surface area contributed by atoms with Crippen LogP contribution < -0.4 is 0 Å². The van der Waals surface area contributed by atoms with E-state index in [0.717, 1.165) is 0 Å². The first-order chi connectivity index (χ1) is 9.30. The van der Waals surface area contributed by atoms with Gasteiger partial charge in [-0.15, -0.1) is 0 Å². The predicted molar refractivity (Wildman–Crippen MR) is 97.1 cm³/mol. The molecule has 21 heavy (non-hydrogen) atoms. The lowest BCUT2D eigenvalue weighted by Gasteiger charge is -2.18. The zero-order valence-electron chi connectivity index (χ0n) is 13.8. The molecule has 2 aromatic carbocycles. The highest BCUT2D eigenvalue weighted by molar-refractivity contribution is 5.26. The first-order valence-corrected chi connectivity index (χ1v) is 7.43. The number of hydrogen-bond donors (Lipinski definition) is 0. The van der Waals surface area contributed by atoms with Crippen molar-refractivity contribution in [3.63, 3.8) is 0 Å². The molecule has 0 aliphatic heterocycles. The molecule has 0 fully saturated rings. The van der Waals surface area contributed by atoms with Crippen molar-refractivity contribution in [2.75, 3.05) is 0 Å². The molecule has 0 spiro atoms. The second kappa shape index (κ2) is 8.67. The molecule has 0 aliphatic rings. The van der Waals surface area contributed by atoms with Crippen molar-refractivity contribution in [2.45, 2.75) is 60.3 Å². The quantitative estimate of drug-likeness (QED) is 0.544. The van der Waals surface area contributed by atoms with Crippen LogP contribution in [0.5, 0.6) is 0 Å². The monoisotopic (exact) mass is 284 g/mol. The zero-order valence-corrected chi connectivity index (χ0v) is 13.8. The highest BCUT2D eigenvalue weighted by atomic mass is 14.2. The Morgan fingerprint density at radius 2 is 1.24 bits per heavy atom. The summed E-state index contributed by atoms with van der Waals surface area (Å²) in [6.45, 7) is 13.2. The maximum Gasteiger partial charge on any atom is -0.0132 e. The Labute approximate surface area is 132 Å². The van der Waals surface area contributed by atoms with Gasteiger partial charge in [0.05, 0.1) is 0 Å². The Bertz CT molecular complexity index is 484. The van der Waals surface area contributed by atoms with Crippen LogP contribution >= 0.6 is 0 Å². The third-order valence-electron chi connectivity index (χ3n) is 3.38. The van der Waals surface area contributed by atoms with E-state index in [1.165, 1.54) is 16.7 Å². The van der Waals surface area contributed by atoms with Gasteiger partial charge in [-0.25, -0.2) is 0 Å². The largest absolute Gasteiger partial charge is 0.0776 e. The summed E-state index contributed by atoms with van der Waals surface area (Å²) in [4.78, 5) is 0. The van der Waals surface area contributed by atoms with Crippen molar-refractivity contribution >= 4 is 0 Å². The van der Waals surface area contributed by atoms with Crippen LogP contribution in [0.1, 0.15) is 64.7 Å². The van der Waals surface area contributed by atoms with Gasteiger partial charge < -0.3 is 0 Å². The van der Waals surface area contributed by atoms with Gasteiger partial charge in [-0.05, 0) is 29.4 Å². The topological polar surface area (TPSA) is 0 Å². The van der Waals surface area contributed by atoms with E-state index in [9.17, 15) is 0 Å². The van der Waals surface area contributed by atoms with Crippen LogP contribution in [-0.2, 0) is 5.41 Å². The van der Waals surface area contributed by atoms with E-state index in [0.29, 0.717) is 5.92 Å². The van der Waals surface area contributed by atoms with Gasteiger partial charge in [-0.1, -0.05) is 102 Å². The van der Waals surface area contributed by atoms with Crippen LogP contribution in [0.25, 0.3) is 0 Å². The van der Waals surface area contributed by atoms with E-state index in [2.05, 4.69) is 90.1 Å². The first-order valence-electron chi connectivity index (χ1n) is 7.43. The first kappa shape index (κ1) is 19.4. The van der Waals surface area contributed by atoms with Crippen molar-refractivity contribution in [2.24, 2.45) is 0 Å². The minimum absolute atomic E-state index is 0. The van der Waals surface area contributed by atoms with Crippen molar-refractivity contribution in [3.8, 4) is 0 Å². The van der Waals surface area contributed by atoms with E-state index in [1.807, 2.05) is 6.07 Å². The number of benzene rings is 2. The molecular weight excluding hydrogens is 252 g/mol. The minimum Gasteiger partial charge on any atom is -0.0776 e. The van der Waals surface area contributed by atoms with Gasteiger partial charge in [0.2, 0.25) is 0 Å². The Balaban J connectivity index is 0.000000370. The van der Waals surface area contributed by atoms with Gasteiger partial charge in [0.25, 0.3) is 0 Å². The summed E-state index contributed by atoms with van der Waals surface area (Å²) in [7, 11) is 0. The standard InChI is InChI=1S/C11H16.C9H12.CH4/c1-9-5-7-10(8-6-9)11(2,3)4;1-8(2)9-6-4-3-5-7-9;/h5-8H,1-4H3;3-8H,1-2H3;1H4. The lowest BCUT2D eigenvalue weighted by Crippen LogP contribution is -2.10. The van der Waals surface area contributed by atoms with E-state index < -0.39 is 0 Å². The summed E-state index contributed by atoms with van der Waals surface area (Å²) >= 11 is 0. The Hall–Kier alpha value is -1.56. The number of aryl methyl sites for hydroxylation is 1. The molecule has 0 bridgehead atoms. The molecule has 2 aromatic rings. The molecule has 0 nitrogen and oxygen atoms in total. The third kappa shape index (κ3) is 7.13. The van der Waals surface area contributed by atoms with Crippen molar-refractivity contribution < 1.29 is 0 Å². The van der Waals surface area contributed by atoms with Gasteiger partial charge >= 0.3 is 0 Å². The van der Waals surface area contributed by atoms with Gasteiger partial charge in [-0.2, -0.15) is 0 Å².